The lowest BCUT2D eigenvalue weighted by Gasteiger charge is -2.46. The van der Waals surface area contributed by atoms with Crippen LogP contribution in [0.5, 0.6) is 11.5 Å². The number of nitrogens with two attached hydrogens (primary N) is 1. The first-order valence-electron chi connectivity index (χ1n) is 6.55. The Labute approximate surface area is 107 Å². The zero-order valence-corrected chi connectivity index (χ0v) is 10.7. The Kier molecular flexibility index (Phi) is 2.92. The molecule has 0 amide bonds. The van der Waals surface area contributed by atoms with Gasteiger partial charge in [-0.15, -0.1) is 0 Å². The summed E-state index contributed by atoms with van der Waals surface area (Å²) in [5.74, 6) is 1.64. The molecule has 1 heterocycles. The minimum atomic E-state index is 0.0631. The molecule has 0 saturated heterocycles. The molecule has 0 aromatic heterocycles. The van der Waals surface area contributed by atoms with E-state index in [-0.39, 0.29) is 11.5 Å². The van der Waals surface area contributed by atoms with Crippen LogP contribution in [-0.4, -0.2) is 20.4 Å². The van der Waals surface area contributed by atoms with Gasteiger partial charge >= 0.3 is 0 Å². The van der Waals surface area contributed by atoms with Crippen molar-refractivity contribution >= 4 is 0 Å². The zero-order valence-electron chi connectivity index (χ0n) is 10.7. The first kappa shape index (κ1) is 11.8. The van der Waals surface area contributed by atoms with Gasteiger partial charge in [0.25, 0.3) is 0 Å². The van der Waals surface area contributed by atoms with E-state index >= 15 is 0 Å². The highest BCUT2D eigenvalue weighted by atomic mass is 16.7. The predicted molar refractivity (Wildman–Crippen MR) is 69.7 cm³/mol. The summed E-state index contributed by atoms with van der Waals surface area (Å²) in [6, 6.07) is 6.12. The Morgan fingerprint density at radius 2 is 2.11 bits per heavy atom. The van der Waals surface area contributed by atoms with Gasteiger partial charge in [0.05, 0.1) is 0 Å². The van der Waals surface area contributed by atoms with Crippen LogP contribution in [0.4, 0.5) is 0 Å². The molecule has 0 spiro atoms. The molecule has 1 aromatic carbocycles. The molecule has 18 heavy (non-hydrogen) atoms. The average Bonchev–Trinajstić information content (AvgIpc) is 2.80. The van der Waals surface area contributed by atoms with E-state index in [2.05, 4.69) is 11.4 Å². The van der Waals surface area contributed by atoms with Gasteiger partial charge < -0.3 is 20.5 Å². The highest BCUT2D eigenvalue weighted by Crippen LogP contribution is 2.49. The van der Waals surface area contributed by atoms with Crippen LogP contribution in [0.25, 0.3) is 0 Å². The van der Waals surface area contributed by atoms with Crippen LogP contribution in [0.3, 0.4) is 0 Å². The summed E-state index contributed by atoms with van der Waals surface area (Å²) in [7, 11) is 1.99. The Bertz CT molecular complexity index is 443. The van der Waals surface area contributed by atoms with E-state index in [1.165, 1.54) is 19.3 Å². The van der Waals surface area contributed by atoms with Gasteiger partial charge in [0.15, 0.2) is 11.5 Å². The van der Waals surface area contributed by atoms with Gasteiger partial charge in [0.2, 0.25) is 6.79 Å². The fourth-order valence-electron chi connectivity index (χ4n) is 3.04. The number of hydrogen-bond acceptors (Lipinski definition) is 4. The normalized spacial score (nSPS) is 21.4. The van der Waals surface area contributed by atoms with Crippen LogP contribution in [0, 0.1) is 5.41 Å². The van der Waals surface area contributed by atoms with Gasteiger partial charge in [-0.1, -0.05) is 12.5 Å². The molecule has 1 aromatic rings. The molecule has 1 saturated carbocycles. The molecule has 3 rings (SSSR count). The molecule has 0 bridgehead atoms. The fraction of sp³-hybridized carbons (Fsp3) is 0.571. The van der Waals surface area contributed by atoms with Crippen molar-refractivity contribution in [3.05, 3.63) is 23.8 Å². The van der Waals surface area contributed by atoms with Gasteiger partial charge in [0.1, 0.15) is 0 Å². The van der Waals surface area contributed by atoms with E-state index in [1.54, 1.807) is 0 Å². The van der Waals surface area contributed by atoms with Crippen molar-refractivity contribution in [1.29, 1.82) is 0 Å². The van der Waals surface area contributed by atoms with Crippen LogP contribution < -0.4 is 20.5 Å². The fourth-order valence-corrected chi connectivity index (χ4v) is 3.04. The molecule has 3 N–H and O–H groups in total. The molecule has 1 unspecified atom stereocenters. The van der Waals surface area contributed by atoms with Crippen LogP contribution in [0.15, 0.2) is 18.2 Å². The molecule has 4 heteroatoms. The Morgan fingerprint density at radius 1 is 1.33 bits per heavy atom. The van der Waals surface area contributed by atoms with Gasteiger partial charge in [-0.2, -0.15) is 0 Å². The predicted octanol–water partition coefficient (Wildman–Crippen LogP) is 1.80. The van der Waals surface area contributed by atoms with E-state index in [4.69, 9.17) is 15.2 Å². The van der Waals surface area contributed by atoms with Crippen LogP contribution in [0.1, 0.15) is 30.9 Å². The van der Waals surface area contributed by atoms with Crippen molar-refractivity contribution in [2.45, 2.75) is 25.3 Å². The maximum absolute atomic E-state index is 6.48. The van der Waals surface area contributed by atoms with Crippen molar-refractivity contribution in [2.75, 3.05) is 20.4 Å². The van der Waals surface area contributed by atoms with E-state index in [1.807, 2.05) is 19.2 Å². The number of ether oxygens (including phenoxy) is 2. The monoisotopic (exact) mass is 248 g/mol. The molecule has 1 aliphatic heterocycles. The number of fused-ring (bicyclic) bond motifs is 1. The lowest BCUT2D eigenvalue weighted by atomic mass is 9.62. The summed E-state index contributed by atoms with van der Waals surface area (Å²) < 4.78 is 10.8. The van der Waals surface area contributed by atoms with Crippen molar-refractivity contribution in [2.24, 2.45) is 11.1 Å². The minimum Gasteiger partial charge on any atom is -0.454 e. The molecule has 1 atom stereocenters. The molecule has 1 fully saturated rings. The highest BCUT2D eigenvalue weighted by molar-refractivity contribution is 5.45. The molecule has 4 nitrogen and oxygen atoms in total. The largest absolute Gasteiger partial charge is 0.454 e. The second kappa shape index (κ2) is 4.44. The summed E-state index contributed by atoms with van der Waals surface area (Å²) in [4.78, 5) is 0. The van der Waals surface area contributed by atoms with Crippen LogP contribution in [0.2, 0.25) is 0 Å². The maximum Gasteiger partial charge on any atom is 0.231 e. The Hall–Kier alpha value is -1.26. The lowest BCUT2D eigenvalue weighted by Crippen LogP contribution is -2.46. The summed E-state index contributed by atoms with van der Waals surface area (Å²) in [5.41, 5.74) is 7.84. The van der Waals surface area contributed by atoms with Crippen LogP contribution >= 0.6 is 0 Å². The van der Waals surface area contributed by atoms with Crippen molar-refractivity contribution in [3.8, 4) is 11.5 Å². The molecular weight excluding hydrogens is 228 g/mol. The second-order valence-electron chi connectivity index (χ2n) is 5.34. The molecule has 1 aliphatic carbocycles. The van der Waals surface area contributed by atoms with E-state index < -0.39 is 0 Å². The minimum absolute atomic E-state index is 0.0631. The third-order valence-electron chi connectivity index (χ3n) is 4.29. The number of nitrogens with one attached hydrogen (secondary N) is 1. The first-order valence-corrected chi connectivity index (χ1v) is 6.55. The van der Waals surface area contributed by atoms with Gasteiger partial charge in [-0.3, -0.25) is 0 Å². The highest BCUT2D eigenvalue weighted by Gasteiger charge is 2.42. The zero-order chi connectivity index (χ0) is 12.6. The topological polar surface area (TPSA) is 56.5 Å². The number of hydrogen-bond donors (Lipinski definition) is 2. The molecule has 98 valence electrons. The van der Waals surface area contributed by atoms with Crippen LogP contribution in [-0.2, 0) is 0 Å². The third-order valence-corrected chi connectivity index (χ3v) is 4.29. The van der Waals surface area contributed by atoms with Crippen molar-refractivity contribution < 1.29 is 9.47 Å². The summed E-state index contributed by atoms with van der Waals surface area (Å²) >= 11 is 0. The standard InChI is InChI=1S/C14H20N2O2/c1-16-8-14(5-2-6-14)13(15)10-3-4-11-12(7-10)18-9-17-11/h3-4,7,13,16H,2,5-6,8-9,15H2,1H3. The Balaban J connectivity index is 1.85. The van der Waals surface area contributed by atoms with Gasteiger partial charge in [-0.25, -0.2) is 0 Å². The SMILES string of the molecule is CNCC1(C(N)c2ccc3c(c2)OCO3)CCC1. The summed E-state index contributed by atoms with van der Waals surface area (Å²) in [6.07, 6.45) is 3.67. The molecule has 2 aliphatic rings. The first-order chi connectivity index (χ1) is 8.75. The van der Waals surface area contributed by atoms with E-state index in [0.29, 0.717) is 6.79 Å². The lowest BCUT2D eigenvalue weighted by molar-refractivity contribution is 0.0946. The molecular formula is C14H20N2O2. The van der Waals surface area contributed by atoms with Gasteiger partial charge in [0, 0.05) is 18.0 Å². The quantitative estimate of drug-likeness (QED) is 0.853. The van der Waals surface area contributed by atoms with Crippen molar-refractivity contribution in [3.63, 3.8) is 0 Å². The Morgan fingerprint density at radius 3 is 2.78 bits per heavy atom. The molecule has 0 radical (unpaired) electrons. The summed E-state index contributed by atoms with van der Waals surface area (Å²) in [6.45, 7) is 1.29. The number of benzene rings is 1. The van der Waals surface area contributed by atoms with Gasteiger partial charge in [-0.05, 0) is 37.6 Å². The maximum atomic E-state index is 6.48. The number of rotatable bonds is 4. The summed E-state index contributed by atoms with van der Waals surface area (Å²) in [5, 5.41) is 3.28. The van der Waals surface area contributed by atoms with E-state index in [9.17, 15) is 0 Å². The van der Waals surface area contributed by atoms with E-state index in [0.717, 1.165) is 23.6 Å². The smallest absolute Gasteiger partial charge is 0.231 e. The second-order valence-corrected chi connectivity index (χ2v) is 5.34. The third kappa shape index (κ3) is 1.76. The van der Waals surface area contributed by atoms with Crippen molar-refractivity contribution in [1.82, 2.24) is 5.32 Å². The average molecular weight is 248 g/mol.